The van der Waals surface area contributed by atoms with Gasteiger partial charge >= 0.3 is 0 Å². The number of rotatable bonds is 2. The molecule has 2 N–H and O–H groups in total. The third kappa shape index (κ3) is 2.48. The first kappa shape index (κ1) is 12.2. The van der Waals surface area contributed by atoms with Gasteiger partial charge in [-0.25, -0.2) is 9.97 Å². The second-order valence-corrected chi connectivity index (χ2v) is 5.18. The van der Waals surface area contributed by atoms with Gasteiger partial charge in [0.2, 0.25) is 0 Å². The van der Waals surface area contributed by atoms with E-state index in [4.69, 9.17) is 10.5 Å². The van der Waals surface area contributed by atoms with Crippen LogP contribution in [0.25, 0.3) is 10.9 Å². The van der Waals surface area contributed by atoms with Crippen LogP contribution in [0.2, 0.25) is 0 Å². The first-order valence-electron chi connectivity index (χ1n) is 6.93. The molecule has 1 heterocycles. The molecule has 1 saturated carbocycles. The monoisotopic (exact) mass is 257 g/mol. The van der Waals surface area contributed by atoms with Crippen LogP contribution in [0.4, 0.5) is 5.82 Å². The molecule has 4 heteroatoms. The molecule has 3 rings (SSSR count). The van der Waals surface area contributed by atoms with Crippen LogP contribution < -0.4 is 10.5 Å². The fraction of sp³-hybridized carbons (Fsp3) is 0.467. The topological polar surface area (TPSA) is 61.0 Å². The van der Waals surface area contributed by atoms with Gasteiger partial charge in [0.15, 0.2) is 0 Å². The highest BCUT2D eigenvalue weighted by atomic mass is 16.5. The van der Waals surface area contributed by atoms with E-state index in [1.807, 2.05) is 25.1 Å². The van der Waals surface area contributed by atoms with E-state index in [1.54, 1.807) is 0 Å². The summed E-state index contributed by atoms with van der Waals surface area (Å²) in [5.74, 6) is 2.02. The number of hydrogen-bond acceptors (Lipinski definition) is 4. The third-order valence-electron chi connectivity index (χ3n) is 3.67. The van der Waals surface area contributed by atoms with E-state index in [0.717, 1.165) is 29.5 Å². The van der Waals surface area contributed by atoms with Crippen LogP contribution in [0, 0.1) is 6.92 Å². The van der Waals surface area contributed by atoms with Crippen molar-refractivity contribution >= 4 is 16.7 Å². The number of fused-ring (bicyclic) bond motifs is 1. The maximum absolute atomic E-state index is 6.13. The Morgan fingerprint density at radius 3 is 2.74 bits per heavy atom. The van der Waals surface area contributed by atoms with Crippen LogP contribution in [0.1, 0.15) is 37.9 Å². The van der Waals surface area contributed by atoms with Crippen LogP contribution in [-0.4, -0.2) is 16.1 Å². The fourth-order valence-corrected chi connectivity index (χ4v) is 2.76. The number of ether oxygens (including phenoxy) is 1. The lowest BCUT2D eigenvalue weighted by Gasteiger charge is -2.23. The molecule has 0 saturated heterocycles. The molecule has 0 aliphatic heterocycles. The van der Waals surface area contributed by atoms with Crippen molar-refractivity contribution in [2.24, 2.45) is 0 Å². The molecule has 0 unspecified atom stereocenters. The Labute approximate surface area is 113 Å². The number of benzene rings is 1. The van der Waals surface area contributed by atoms with Crippen molar-refractivity contribution in [3.63, 3.8) is 0 Å². The average Bonchev–Trinajstić information content (AvgIpc) is 2.39. The lowest BCUT2D eigenvalue weighted by atomic mass is 9.98. The van der Waals surface area contributed by atoms with Crippen molar-refractivity contribution in [2.75, 3.05) is 5.73 Å². The first-order valence-corrected chi connectivity index (χ1v) is 6.93. The smallest absolute Gasteiger partial charge is 0.138 e. The third-order valence-corrected chi connectivity index (χ3v) is 3.67. The summed E-state index contributed by atoms with van der Waals surface area (Å²) in [6.07, 6.45) is 6.38. The van der Waals surface area contributed by atoms with Gasteiger partial charge in [-0.15, -0.1) is 0 Å². The van der Waals surface area contributed by atoms with Crippen molar-refractivity contribution in [3.05, 3.63) is 24.0 Å². The maximum atomic E-state index is 6.13. The van der Waals surface area contributed by atoms with E-state index >= 15 is 0 Å². The van der Waals surface area contributed by atoms with E-state index in [-0.39, 0.29) is 0 Å². The maximum Gasteiger partial charge on any atom is 0.138 e. The number of anilines is 1. The number of hydrogen-bond donors (Lipinski definition) is 1. The molecule has 4 nitrogen and oxygen atoms in total. The number of aromatic nitrogens is 2. The second kappa shape index (κ2) is 5.03. The van der Waals surface area contributed by atoms with Crippen LogP contribution in [0.5, 0.6) is 5.75 Å². The SMILES string of the molecule is Cc1nc(N)c2c(OC3CCCCC3)cccc2n1. The Kier molecular flexibility index (Phi) is 3.23. The molecule has 100 valence electrons. The van der Waals surface area contributed by atoms with Crippen LogP contribution in [-0.2, 0) is 0 Å². The first-order chi connectivity index (χ1) is 9.24. The number of nitrogens with two attached hydrogens (primary N) is 1. The van der Waals surface area contributed by atoms with Crippen molar-refractivity contribution in [3.8, 4) is 5.75 Å². The molecular weight excluding hydrogens is 238 g/mol. The summed E-state index contributed by atoms with van der Waals surface area (Å²) >= 11 is 0. The van der Waals surface area contributed by atoms with E-state index in [1.165, 1.54) is 19.3 Å². The number of nitrogen functional groups attached to an aromatic ring is 1. The standard InChI is InChI=1S/C15H19N3O/c1-10-17-12-8-5-9-13(14(12)15(16)18-10)19-11-6-3-2-4-7-11/h5,8-9,11H,2-4,6-7H2,1H3,(H2,16,17,18). The summed E-state index contributed by atoms with van der Waals surface area (Å²) in [5.41, 5.74) is 6.89. The summed E-state index contributed by atoms with van der Waals surface area (Å²) < 4.78 is 6.13. The zero-order valence-electron chi connectivity index (χ0n) is 11.2. The minimum Gasteiger partial charge on any atom is -0.490 e. The number of aryl methyl sites for hydroxylation is 1. The largest absolute Gasteiger partial charge is 0.490 e. The minimum absolute atomic E-state index is 0.306. The zero-order valence-corrected chi connectivity index (χ0v) is 11.2. The lowest BCUT2D eigenvalue weighted by Crippen LogP contribution is -2.19. The summed E-state index contributed by atoms with van der Waals surface area (Å²) in [4.78, 5) is 8.66. The summed E-state index contributed by atoms with van der Waals surface area (Å²) in [5, 5.41) is 0.846. The van der Waals surface area contributed by atoms with Gasteiger partial charge in [0.25, 0.3) is 0 Å². The van der Waals surface area contributed by atoms with Gasteiger partial charge in [-0.2, -0.15) is 0 Å². The van der Waals surface area contributed by atoms with Gasteiger partial charge in [0.1, 0.15) is 17.4 Å². The molecule has 0 bridgehead atoms. The molecule has 0 spiro atoms. The van der Waals surface area contributed by atoms with Gasteiger partial charge < -0.3 is 10.5 Å². The molecule has 1 aromatic heterocycles. The van der Waals surface area contributed by atoms with Crippen molar-refractivity contribution in [1.29, 1.82) is 0 Å². The fourth-order valence-electron chi connectivity index (χ4n) is 2.76. The molecule has 0 atom stereocenters. The summed E-state index contributed by atoms with van der Waals surface area (Å²) in [6.45, 7) is 1.85. The predicted molar refractivity (Wildman–Crippen MR) is 76.2 cm³/mol. The van der Waals surface area contributed by atoms with Gasteiger partial charge in [-0.05, 0) is 44.7 Å². The summed E-state index contributed by atoms with van der Waals surface area (Å²) in [7, 11) is 0. The zero-order chi connectivity index (χ0) is 13.2. The van der Waals surface area contributed by atoms with E-state index < -0.39 is 0 Å². The molecule has 1 fully saturated rings. The van der Waals surface area contributed by atoms with Crippen molar-refractivity contribution < 1.29 is 4.74 Å². The molecule has 0 amide bonds. The average molecular weight is 257 g/mol. The van der Waals surface area contributed by atoms with Crippen LogP contribution in [0.3, 0.4) is 0 Å². The Balaban J connectivity index is 1.98. The van der Waals surface area contributed by atoms with Crippen molar-refractivity contribution in [1.82, 2.24) is 9.97 Å². The Morgan fingerprint density at radius 1 is 1.16 bits per heavy atom. The van der Waals surface area contributed by atoms with Gasteiger partial charge in [0.05, 0.1) is 17.0 Å². The Morgan fingerprint density at radius 2 is 1.95 bits per heavy atom. The van der Waals surface area contributed by atoms with Crippen LogP contribution in [0.15, 0.2) is 18.2 Å². The molecule has 0 radical (unpaired) electrons. The Bertz CT molecular complexity index is 591. The van der Waals surface area contributed by atoms with Gasteiger partial charge in [-0.3, -0.25) is 0 Å². The van der Waals surface area contributed by atoms with E-state index in [2.05, 4.69) is 9.97 Å². The normalized spacial score (nSPS) is 16.7. The van der Waals surface area contributed by atoms with Gasteiger partial charge in [0, 0.05) is 0 Å². The highest BCUT2D eigenvalue weighted by Crippen LogP contribution is 2.31. The summed E-state index contributed by atoms with van der Waals surface area (Å²) in [6, 6.07) is 5.88. The highest BCUT2D eigenvalue weighted by molar-refractivity contribution is 5.93. The molecular formula is C15H19N3O. The lowest BCUT2D eigenvalue weighted by molar-refractivity contribution is 0.157. The second-order valence-electron chi connectivity index (χ2n) is 5.18. The van der Waals surface area contributed by atoms with E-state index in [0.29, 0.717) is 17.7 Å². The molecule has 1 aliphatic carbocycles. The highest BCUT2D eigenvalue weighted by Gasteiger charge is 2.17. The molecule has 2 aromatic rings. The quantitative estimate of drug-likeness (QED) is 0.897. The van der Waals surface area contributed by atoms with Gasteiger partial charge in [-0.1, -0.05) is 12.5 Å². The Hall–Kier alpha value is -1.84. The molecule has 1 aliphatic rings. The van der Waals surface area contributed by atoms with Crippen LogP contribution >= 0.6 is 0 Å². The number of nitrogens with zero attached hydrogens (tertiary/aromatic N) is 2. The molecule has 1 aromatic carbocycles. The predicted octanol–water partition coefficient (Wildman–Crippen LogP) is 3.23. The van der Waals surface area contributed by atoms with E-state index in [9.17, 15) is 0 Å². The molecule has 19 heavy (non-hydrogen) atoms. The van der Waals surface area contributed by atoms with Crippen molar-refractivity contribution in [2.45, 2.75) is 45.1 Å². The minimum atomic E-state index is 0.306.